The minimum absolute atomic E-state index is 0.247. The molecule has 0 aliphatic heterocycles. The number of hydrogen-bond acceptors (Lipinski definition) is 5. The van der Waals surface area contributed by atoms with E-state index in [0.717, 1.165) is 5.56 Å². The Morgan fingerprint density at radius 2 is 1.92 bits per heavy atom. The third kappa shape index (κ3) is 4.90. The smallest absolute Gasteiger partial charge is 0.337 e. The molecule has 132 valence electrons. The molecule has 1 atom stereocenters. The molecule has 2 aromatic rings. The number of ether oxygens (including phenoxy) is 1. The van der Waals surface area contributed by atoms with Crippen LogP contribution in [0.1, 0.15) is 47.0 Å². The number of aryl methyl sites for hydroxylation is 1. The lowest BCUT2D eigenvalue weighted by atomic mass is 9.94. The second-order valence-electron chi connectivity index (χ2n) is 5.19. The van der Waals surface area contributed by atoms with E-state index in [1.807, 2.05) is 26.8 Å². The van der Waals surface area contributed by atoms with E-state index in [0.29, 0.717) is 22.3 Å². The van der Waals surface area contributed by atoms with Gasteiger partial charge in [0.15, 0.2) is 0 Å². The predicted molar refractivity (Wildman–Crippen MR) is 96.1 cm³/mol. The van der Waals surface area contributed by atoms with Gasteiger partial charge in [0.25, 0.3) is 0 Å². The van der Waals surface area contributed by atoms with Crippen LogP contribution in [-0.2, 0) is 4.74 Å². The van der Waals surface area contributed by atoms with Gasteiger partial charge < -0.3 is 14.9 Å². The number of methoxy groups -OCH3 is 1. The van der Waals surface area contributed by atoms with Gasteiger partial charge in [0.2, 0.25) is 0 Å². The van der Waals surface area contributed by atoms with Gasteiger partial charge in [0, 0.05) is 0 Å². The van der Waals surface area contributed by atoms with Crippen LogP contribution in [0.15, 0.2) is 36.4 Å². The molecule has 0 saturated carbocycles. The first-order valence-electron chi connectivity index (χ1n) is 8.03. The molecule has 0 aliphatic rings. The molecule has 2 N–H and O–H groups in total. The Morgan fingerprint density at radius 1 is 1.24 bits per heavy atom. The molecular formula is C20H23NO4. The number of hydrogen-bond donors (Lipinski definition) is 2. The van der Waals surface area contributed by atoms with Gasteiger partial charge in [0.1, 0.15) is 6.10 Å². The van der Waals surface area contributed by atoms with E-state index < -0.39 is 18.7 Å². The monoisotopic (exact) mass is 341 g/mol. The number of carbonyl (C=O) groups is 1. The lowest BCUT2D eigenvalue weighted by Gasteiger charge is -2.13. The zero-order chi connectivity index (χ0) is 19.0. The lowest BCUT2D eigenvalue weighted by Crippen LogP contribution is -2.07. The standard InChI is InChI=1S/C18H17NO4.C2H6/c1-11-3-4-16(15(5-11)9-19)12-6-13(17(21)10-20)8-14(7-12)18(22)23-2;1-2/h3-8,17,20-21H,10H2,1-2H3;1-2H3. The lowest BCUT2D eigenvalue weighted by molar-refractivity contribution is 0.0599. The Bertz CT molecular complexity index is 778. The Hall–Kier alpha value is -2.68. The molecule has 0 fully saturated rings. The molecule has 1 unspecified atom stereocenters. The largest absolute Gasteiger partial charge is 0.465 e. The second kappa shape index (κ2) is 9.58. The van der Waals surface area contributed by atoms with Gasteiger partial charge in [-0.05, 0) is 53.4 Å². The average molecular weight is 341 g/mol. The maximum absolute atomic E-state index is 11.8. The van der Waals surface area contributed by atoms with Gasteiger partial charge in [-0.3, -0.25) is 0 Å². The summed E-state index contributed by atoms with van der Waals surface area (Å²) < 4.78 is 4.72. The van der Waals surface area contributed by atoms with E-state index in [1.165, 1.54) is 13.2 Å². The maximum Gasteiger partial charge on any atom is 0.337 e. The molecule has 5 heteroatoms. The summed E-state index contributed by atoms with van der Waals surface area (Å²) in [5, 5.41) is 28.4. The molecule has 0 bridgehead atoms. The molecule has 2 rings (SSSR count). The fourth-order valence-electron chi connectivity index (χ4n) is 2.34. The average Bonchev–Trinajstić information content (AvgIpc) is 2.67. The minimum atomic E-state index is -1.12. The van der Waals surface area contributed by atoms with Crippen molar-refractivity contribution in [2.75, 3.05) is 13.7 Å². The Labute approximate surface area is 148 Å². The highest BCUT2D eigenvalue weighted by molar-refractivity contribution is 5.91. The maximum atomic E-state index is 11.8. The van der Waals surface area contributed by atoms with E-state index in [-0.39, 0.29) is 5.56 Å². The van der Waals surface area contributed by atoms with Crippen molar-refractivity contribution in [1.29, 1.82) is 5.26 Å². The fraction of sp³-hybridized carbons (Fsp3) is 0.300. The van der Waals surface area contributed by atoms with Crippen LogP contribution >= 0.6 is 0 Å². The summed E-state index contributed by atoms with van der Waals surface area (Å²) in [6.07, 6.45) is -1.12. The van der Waals surface area contributed by atoms with Crippen molar-refractivity contribution in [3.05, 3.63) is 58.7 Å². The summed E-state index contributed by atoms with van der Waals surface area (Å²) in [5.74, 6) is -0.552. The quantitative estimate of drug-likeness (QED) is 0.832. The van der Waals surface area contributed by atoms with Crippen LogP contribution < -0.4 is 0 Å². The third-order valence-electron chi connectivity index (χ3n) is 3.54. The zero-order valence-electron chi connectivity index (χ0n) is 14.9. The van der Waals surface area contributed by atoms with Gasteiger partial charge in [-0.2, -0.15) is 5.26 Å². The van der Waals surface area contributed by atoms with Crippen LogP contribution in [0, 0.1) is 18.3 Å². The number of carbonyl (C=O) groups excluding carboxylic acids is 1. The Balaban J connectivity index is 0.00000151. The molecular weight excluding hydrogens is 318 g/mol. The van der Waals surface area contributed by atoms with E-state index in [1.54, 1.807) is 24.3 Å². The summed E-state index contributed by atoms with van der Waals surface area (Å²) in [5.41, 5.74) is 3.30. The fourth-order valence-corrected chi connectivity index (χ4v) is 2.34. The van der Waals surface area contributed by atoms with Crippen molar-refractivity contribution in [2.24, 2.45) is 0 Å². The Kier molecular flexibility index (Phi) is 7.80. The number of rotatable bonds is 4. The van der Waals surface area contributed by atoms with Crippen LogP contribution in [0.3, 0.4) is 0 Å². The van der Waals surface area contributed by atoms with Gasteiger partial charge in [-0.1, -0.05) is 26.0 Å². The van der Waals surface area contributed by atoms with E-state index in [4.69, 9.17) is 9.84 Å². The predicted octanol–water partition coefficient (Wildman–Crippen LogP) is 3.37. The van der Waals surface area contributed by atoms with Gasteiger partial charge in [-0.25, -0.2) is 4.79 Å². The second-order valence-corrected chi connectivity index (χ2v) is 5.19. The molecule has 0 amide bonds. The first kappa shape index (κ1) is 20.4. The first-order valence-corrected chi connectivity index (χ1v) is 8.03. The molecule has 0 aromatic heterocycles. The van der Waals surface area contributed by atoms with Crippen molar-refractivity contribution >= 4 is 5.97 Å². The number of benzene rings is 2. The van der Waals surface area contributed by atoms with Gasteiger partial charge in [-0.15, -0.1) is 0 Å². The van der Waals surface area contributed by atoms with Crippen LogP contribution in [0.25, 0.3) is 11.1 Å². The summed E-state index contributed by atoms with van der Waals surface area (Å²) >= 11 is 0. The number of esters is 1. The van der Waals surface area contributed by atoms with Gasteiger partial charge >= 0.3 is 5.97 Å². The molecule has 0 radical (unpaired) electrons. The molecule has 0 spiro atoms. The van der Waals surface area contributed by atoms with Crippen molar-refractivity contribution in [2.45, 2.75) is 26.9 Å². The molecule has 0 aliphatic carbocycles. The molecule has 0 heterocycles. The SMILES string of the molecule is CC.COC(=O)c1cc(-c2ccc(C)cc2C#N)cc(C(O)CO)c1. The number of aliphatic hydroxyl groups is 2. The topological polar surface area (TPSA) is 90.6 Å². The molecule has 2 aromatic carbocycles. The van der Waals surface area contributed by atoms with Crippen molar-refractivity contribution in [3.63, 3.8) is 0 Å². The highest BCUT2D eigenvalue weighted by atomic mass is 16.5. The summed E-state index contributed by atoms with van der Waals surface area (Å²) in [6, 6.07) is 12.3. The summed E-state index contributed by atoms with van der Waals surface area (Å²) in [6.45, 7) is 5.42. The molecule has 25 heavy (non-hydrogen) atoms. The van der Waals surface area contributed by atoms with Crippen molar-refractivity contribution < 1.29 is 19.7 Å². The van der Waals surface area contributed by atoms with Crippen LogP contribution in [0.5, 0.6) is 0 Å². The highest BCUT2D eigenvalue weighted by Gasteiger charge is 2.15. The van der Waals surface area contributed by atoms with Crippen molar-refractivity contribution in [1.82, 2.24) is 0 Å². The highest BCUT2D eigenvalue weighted by Crippen LogP contribution is 2.29. The van der Waals surface area contributed by atoms with E-state index in [9.17, 15) is 15.2 Å². The molecule has 0 saturated heterocycles. The van der Waals surface area contributed by atoms with Crippen LogP contribution in [-0.4, -0.2) is 29.9 Å². The third-order valence-corrected chi connectivity index (χ3v) is 3.54. The summed E-state index contributed by atoms with van der Waals surface area (Å²) in [4.78, 5) is 11.8. The molecule has 5 nitrogen and oxygen atoms in total. The number of aliphatic hydroxyl groups excluding tert-OH is 2. The minimum Gasteiger partial charge on any atom is -0.465 e. The van der Waals surface area contributed by atoms with E-state index in [2.05, 4.69) is 6.07 Å². The normalized spacial score (nSPS) is 10.9. The van der Waals surface area contributed by atoms with Crippen LogP contribution in [0.2, 0.25) is 0 Å². The van der Waals surface area contributed by atoms with Gasteiger partial charge in [0.05, 0.1) is 30.9 Å². The van der Waals surface area contributed by atoms with Crippen LogP contribution in [0.4, 0.5) is 0 Å². The van der Waals surface area contributed by atoms with E-state index >= 15 is 0 Å². The number of nitrogens with zero attached hydrogens (tertiary/aromatic N) is 1. The number of nitriles is 1. The van der Waals surface area contributed by atoms with Crippen molar-refractivity contribution in [3.8, 4) is 17.2 Å². The summed E-state index contributed by atoms with van der Waals surface area (Å²) in [7, 11) is 1.27. The Morgan fingerprint density at radius 3 is 2.48 bits per heavy atom. The zero-order valence-corrected chi connectivity index (χ0v) is 14.9. The first-order chi connectivity index (χ1) is 12.0.